The van der Waals surface area contributed by atoms with Crippen LogP contribution in [-0.4, -0.2) is 11.0 Å². The molecule has 0 aliphatic rings. The zero-order valence-electron chi connectivity index (χ0n) is 13.2. The van der Waals surface area contributed by atoms with Gasteiger partial charge in [0.25, 0.3) is 0 Å². The van der Waals surface area contributed by atoms with Gasteiger partial charge in [0.15, 0.2) is 11.6 Å². The molecule has 0 spiro atoms. The molecule has 0 atom stereocenters. The number of urea groups is 1. The van der Waals surface area contributed by atoms with E-state index in [0.29, 0.717) is 17.4 Å². The van der Waals surface area contributed by atoms with Crippen molar-refractivity contribution in [3.05, 3.63) is 78.2 Å². The summed E-state index contributed by atoms with van der Waals surface area (Å²) in [6.45, 7) is 0. The first-order valence-electron chi connectivity index (χ1n) is 7.42. The SMILES string of the molecule is O=C(Nc1ccc(F)cc1)Nc1ccc(Oc2ccc(F)cc2F)nc1. The normalized spacial score (nSPS) is 10.3. The summed E-state index contributed by atoms with van der Waals surface area (Å²) in [5.41, 5.74) is 0.778. The van der Waals surface area contributed by atoms with Crippen LogP contribution in [0.15, 0.2) is 60.8 Å². The van der Waals surface area contributed by atoms with E-state index in [1.54, 1.807) is 0 Å². The summed E-state index contributed by atoms with van der Waals surface area (Å²) in [6, 6.07) is 10.5. The van der Waals surface area contributed by atoms with Gasteiger partial charge in [-0.25, -0.2) is 22.9 Å². The maximum atomic E-state index is 13.5. The molecule has 0 unspecified atom stereocenters. The quantitative estimate of drug-likeness (QED) is 0.694. The van der Waals surface area contributed by atoms with Crippen molar-refractivity contribution in [2.45, 2.75) is 0 Å². The minimum atomic E-state index is -0.854. The fraction of sp³-hybridized carbons (Fsp3) is 0. The van der Waals surface area contributed by atoms with Gasteiger partial charge in [-0.1, -0.05) is 0 Å². The molecule has 2 N–H and O–H groups in total. The smallest absolute Gasteiger partial charge is 0.323 e. The van der Waals surface area contributed by atoms with E-state index in [1.807, 2.05) is 0 Å². The molecule has 0 bridgehead atoms. The van der Waals surface area contributed by atoms with Crippen LogP contribution >= 0.6 is 0 Å². The number of nitrogens with zero attached hydrogens (tertiary/aromatic N) is 1. The van der Waals surface area contributed by atoms with Crippen LogP contribution in [0.3, 0.4) is 0 Å². The molecule has 1 aromatic heterocycles. The van der Waals surface area contributed by atoms with Gasteiger partial charge < -0.3 is 15.4 Å². The van der Waals surface area contributed by atoms with Crippen molar-refractivity contribution in [1.29, 1.82) is 0 Å². The van der Waals surface area contributed by atoms with Gasteiger partial charge in [0.2, 0.25) is 5.88 Å². The maximum absolute atomic E-state index is 13.5. The highest BCUT2D eigenvalue weighted by Gasteiger charge is 2.08. The molecular formula is C18H12F3N3O2. The lowest BCUT2D eigenvalue weighted by atomic mass is 10.3. The van der Waals surface area contributed by atoms with E-state index < -0.39 is 23.5 Å². The molecule has 0 aliphatic carbocycles. The van der Waals surface area contributed by atoms with Crippen LogP contribution in [0.2, 0.25) is 0 Å². The summed E-state index contributed by atoms with van der Waals surface area (Å²) >= 11 is 0. The second-order valence-electron chi connectivity index (χ2n) is 5.15. The largest absolute Gasteiger partial charge is 0.436 e. The van der Waals surface area contributed by atoms with E-state index in [0.717, 1.165) is 12.1 Å². The average molecular weight is 359 g/mol. The third kappa shape index (κ3) is 4.50. The minimum Gasteiger partial charge on any atom is -0.436 e. The Morgan fingerprint density at radius 3 is 2.15 bits per heavy atom. The van der Waals surface area contributed by atoms with Crippen LogP contribution in [0.5, 0.6) is 11.6 Å². The van der Waals surface area contributed by atoms with E-state index in [1.165, 1.54) is 42.6 Å². The summed E-state index contributed by atoms with van der Waals surface area (Å²) < 4.78 is 44.4. The second-order valence-corrected chi connectivity index (χ2v) is 5.15. The van der Waals surface area contributed by atoms with E-state index in [9.17, 15) is 18.0 Å². The highest BCUT2D eigenvalue weighted by molar-refractivity contribution is 5.99. The number of benzene rings is 2. The molecule has 0 saturated carbocycles. The fourth-order valence-electron chi connectivity index (χ4n) is 2.01. The molecule has 8 heteroatoms. The first-order chi connectivity index (χ1) is 12.5. The number of carbonyl (C=O) groups excluding carboxylic acids is 1. The second kappa shape index (κ2) is 7.56. The summed E-state index contributed by atoms with van der Waals surface area (Å²) in [5.74, 6) is -2.08. The lowest BCUT2D eigenvalue weighted by molar-refractivity contribution is 0.262. The number of pyridine rings is 1. The van der Waals surface area contributed by atoms with E-state index in [4.69, 9.17) is 4.74 Å². The Kier molecular flexibility index (Phi) is 5.02. The summed E-state index contributed by atoms with van der Waals surface area (Å²) in [6.07, 6.45) is 1.31. The van der Waals surface area contributed by atoms with Crippen molar-refractivity contribution in [1.82, 2.24) is 4.98 Å². The first-order valence-corrected chi connectivity index (χ1v) is 7.42. The number of nitrogens with one attached hydrogen (secondary N) is 2. The van der Waals surface area contributed by atoms with Crippen LogP contribution in [0.25, 0.3) is 0 Å². The highest BCUT2D eigenvalue weighted by atomic mass is 19.1. The lowest BCUT2D eigenvalue weighted by Crippen LogP contribution is -2.19. The number of hydrogen-bond donors (Lipinski definition) is 2. The number of halogens is 3. The van der Waals surface area contributed by atoms with Gasteiger partial charge in [0.05, 0.1) is 11.9 Å². The molecule has 0 aliphatic heterocycles. The van der Waals surface area contributed by atoms with Gasteiger partial charge >= 0.3 is 6.03 Å². The van der Waals surface area contributed by atoms with Crippen molar-refractivity contribution < 1.29 is 22.7 Å². The van der Waals surface area contributed by atoms with Crippen molar-refractivity contribution in [2.24, 2.45) is 0 Å². The van der Waals surface area contributed by atoms with Gasteiger partial charge in [0.1, 0.15) is 11.6 Å². The minimum absolute atomic E-state index is 0.0694. The Labute approximate surface area is 146 Å². The fourth-order valence-corrected chi connectivity index (χ4v) is 2.01. The Hall–Kier alpha value is -3.55. The number of aromatic nitrogens is 1. The number of anilines is 2. The number of hydrogen-bond acceptors (Lipinski definition) is 3. The number of ether oxygens (including phenoxy) is 1. The Morgan fingerprint density at radius 1 is 0.846 bits per heavy atom. The third-order valence-electron chi connectivity index (χ3n) is 3.20. The summed E-state index contributed by atoms with van der Waals surface area (Å²) in [7, 11) is 0. The van der Waals surface area contributed by atoms with Crippen molar-refractivity contribution >= 4 is 17.4 Å². The van der Waals surface area contributed by atoms with Crippen LogP contribution in [0.4, 0.5) is 29.3 Å². The topological polar surface area (TPSA) is 63.2 Å². The van der Waals surface area contributed by atoms with E-state index in [2.05, 4.69) is 15.6 Å². The predicted molar refractivity (Wildman–Crippen MR) is 89.7 cm³/mol. The van der Waals surface area contributed by atoms with Gasteiger partial charge in [-0.15, -0.1) is 0 Å². The molecule has 0 saturated heterocycles. The zero-order valence-corrected chi connectivity index (χ0v) is 13.2. The predicted octanol–water partition coefficient (Wildman–Crippen LogP) is 4.94. The molecule has 1 heterocycles. The Bertz CT molecular complexity index is 916. The number of amides is 2. The van der Waals surface area contributed by atoms with Crippen LogP contribution < -0.4 is 15.4 Å². The molecule has 3 rings (SSSR count). The van der Waals surface area contributed by atoms with Gasteiger partial charge in [-0.05, 0) is 42.5 Å². The number of carbonyl (C=O) groups is 1. The van der Waals surface area contributed by atoms with Crippen LogP contribution in [0, 0.1) is 17.5 Å². The molecule has 5 nitrogen and oxygen atoms in total. The van der Waals surface area contributed by atoms with Crippen LogP contribution in [-0.2, 0) is 0 Å². The number of rotatable bonds is 4. The Morgan fingerprint density at radius 2 is 1.50 bits per heavy atom. The molecular weight excluding hydrogens is 347 g/mol. The molecule has 132 valence electrons. The molecule has 0 fully saturated rings. The molecule has 3 aromatic rings. The molecule has 2 amide bonds. The van der Waals surface area contributed by atoms with Crippen molar-refractivity contribution in [2.75, 3.05) is 10.6 Å². The van der Waals surface area contributed by atoms with Crippen molar-refractivity contribution in [3.8, 4) is 11.6 Å². The average Bonchev–Trinajstić information content (AvgIpc) is 2.61. The maximum Gasteiger partial charge on any atom is 0.323 e. The van der Waals surface area contributed by atoms with E-state index in [-0.39, 0.29) is 11.6 Å². The molecule has 0 radical (unpaired) electrons. The monoisotopic (exact) mass is 359 g/mol. The molecule has 2 aromatic carbocycles. The highest BCUT2D eigenvalue weighted by Crippen LogP contribution is 2.24. The van der Waals surface area contributed by atoms with Gasteiger partial charge in [0, 0.05) is 17.8 Å². The van der Waals surface area contributed by atoms with Crippen LogP contribution in [0.1, 0.15) is 0 Å². The third-order valence-corrected chi connectivity index (χ3v) is 3.20. The van der Waals surface area contributed by atoms with Crippen molar-refractivity contribution in [3.63, 3.8) is 0 Å². The standard InChI is InChI=1S/C18H12F3N3O2/c19-11-1-4-13(5-2-11)23-18(25)24-14-6-8-17(22-10-14)26-16-7-3-12(20)9-15(16)21/h1-10H,(H2,23,24,25). The van der Waals surface area contributed by atoms with E-state index >= 15 is 0 Å². The lowest BCUT2D eigenvalue weighted by Gasteiger charge is -2.09. The van der Waals surface area contributed by atoms with Gasteiger partial charge in [-0.3, -0.25) is 0 Å². The summed E-state index contributed by atoms with van der Waals surface area (Å²) in [5, 5.41) is 5.05. The zero-order chi connectivity index (χ0) is 18.5. The first kappa shape index (κ1) is 17.3. The van der Waals surface area contributed by atoms with Gasteiger partial charge in [-0.2, -0.15) is 0 Å². The molecule has 26 heavy (non-hydrogen) atoms. The Balaban J connectivity index is 1.60. The summed E-state index contributed by atoms with van der Waals surface area (Å²) in [4.78, 5) is 15.8.